The monoisotopic (exact) mass is 332 g/mol. The van der Waals surface area contributed by atoms with Crippen molar-refractivity contribution in [2.45, 2.75) is 26.9 Å². The molecule has 0 unspecified atom stereocenters. The number of nitrogens with zero attached hydrogens (tertiary/aromatic N) is 3. The molecule has 0 bridgehead atoms. The molecule has 0 aliphatic heterocycles. The van der Waals surface area contributed by atoms with Crippen molar-refractivity contribution in [3.05, 3.63) is 41.5 Å². The first-order valence-electron chi connectivity index (χ1n) is 7.43. The number of methoxy groups -OCH3 is 1. The van der Waals surface area contributed by atoms with Crippen LogP contribution in [0.2, 0.25) is 0 Å². The molecule has 8 heteroatoms. The van der Waals surface area contributed by atoms with E-state index in [-0.39, 0.29) is 12.5 Å². The molecule has 0 radical (unpaired) electrons. The second kappa shape index (κ2) is 8.78. The van der Waals surface area contributed by atoms with E-state index in [0.717, 1.165) is 11.3 Å². The van der Waals surface area contributed by atoms with E-state index in [9.17, 15) is 4.79 Å². The van der Waals surface area contributed by atoms with E-state index < -0.39 is 0 Å². The van der Waals surface area contributed by atoms with Gasteiger partial charge in [-0.3, -0.25) is 4.79 Å². The topological polar surface area (TPSA) is 98.8 Å². The highest BCUT2D eigenvalue weighted by Crippen LogP contribution is 2.11. The summed E-state index contributed by atoms with van der Waals surface area (Å²) in [6.07, 6.45) is 0.586. The summed E-state index contributed by atoms with van der Waals surface area (Å²) in [6, 6.07) is 7.30. The normalized spacial score (nSPS) is 11.4. The number of carbonyl (C=O) groups is 1. The van der Waals surface area contributed by atoms with Crippen molar-refractivity contribution in [1.29, 1.82) is 0 Å². The van der Waals surface area contributed by atoms with Gasteiger partial charge in [-0.15, -0.1) is 0 Å². The number of nitrogens with one attached hydrogen (secondary N) is 1. The minimum Gasteiger partial charge on any atom is -0.385 e. The molecule has 0 aliphatic carbocycles. The Hall–Kier alpha value is -2.74. The number of ether oxygens (including phenoxy) is 1. The Morgan fingerprint density at radius 3 is 2.71 bits per heavy atom. The summed E-state index contributed by atoms with van der Waals surface area (Å²) in [7, 11) is 1.62. The first-order chi connectivity index (χ1) is 11.6. The van der Waals surface area contributed by atoms with Gasteiger partial charge in [0.15, 0.2) is 12.4 Å². The number of anilines is 1. The summed E-state index contributed by atoms with van der Waals surface area (Å²) in [5.74, 6) is 0.823. The molecular weight excluding hydrogens is 312 g/mol. The van der Waals surface area contributed by atoms with Crippen molar-refractivity contribution >= 4 is 17.3 Å². The van der Waals surface area contributed by atoms with Crippen LogP contribution in [0.15, 0.2) is 33.9 Å². The number of carbonyl (C=O) groups excluding carboxylic acids is 1. The van der Waals surface area contributed by atoms with Crippen LogP contribution in [0.25, 0.3) is 0 Å². The molecule has 0 atom stereocenters. The number of hydrogen-bond acceptors (Lipinski definition) is 7. The Morgan fingerprint density at radius 2 is 2.04 bits per heavy atom. The average Bonchev–Trinajstić information content (AvgIpc) is 3.00. The fourth-order valence-corrected chi connectivity index (χ4v) is 1.88. The van der Waals surface area contributed by atoms with Crippen molar-refractivity contribution in [3.8, 4) is 0 Å². The lowest BCUT2D eigenvalue weighted by Gasteiger charge is -2.04. The first kappa shape index (κ1) is 17.6. The summed E-state index contributed by atoms with van der Waals surface area (Å²) in [5, 5.41) is 10.5. The van der Waals surface area contributed by atoms with E-state index in [2.05, 4.69) is 20.6 Å². The van der Waals surface area contributed by atoms with Gasteiger partial charge in [-0.05, 0) is 24.6 Å². The highest BCUT2D eigenvalue weighted by atomic mass is 16.6. The summed E-state index contributed by atoms with van der Waals surface area (Å²) >= 11 is 0. The summed E-state index contributed by atoms with van der Waals surface area (Å²) < 4.78 is 10.00. The number of benzene rings is 1. The van der Waals surface area contributed by atoms with Gasteiger partial charge in [-0.2, -0.15) is 4.98 Å². The molecule has 1 heterocycles. The van der Waals surface area contributed by atoms with Gasteiger partial charge in [0, 0.05) is 26.1 Å². The molecule has 1 aromatic carbocycles. The number of oxime groups is 1. The minimum absolute atomic E-state index is 0.0985. The van der Waals surface area contributed by atoms with Gasteiger partial charge >= 0.3 is 0 Å². The zero-order valence-electron chi connectivity index (χ0n) is 13.9. The van der Waals surface area contributed by atoms with Crippen LogP contribution >= 0.6 is 0 Å². The van der Waals surface area contributed by atoms with Crippen molar-refractivity contribution in [3.63, 3.8) is 0 Å². The van der Waals surface area contributed by atoms with Crippen LogP contribution in [-0.2, 0) is 27.4 Å². The SMILES string of the molecule is COCCc1noc(CO/N=C(/C)c2ccc(NC(C)=O)cc2)n1. The molecule has 1 amide bonds. The van der Waals surface area contributed by atoms with E-state index in [1.807, 2.05) is 19.1 Å². The molecule has 2 aromatic rings. The quantitative estimate of drug-likeness (QED) is 0.587. The average molecular weight is 332 g/mol. The Bertz CT molecular complexity index is 694. The van der Waals surface area contributed by atoms with Crippen LogP contribution in [0.4, 0.5) is 5.69 Å². The van der Waals surface area contributed by atoms with Crippen LogP contribution in [0, 0.1) is 0 Å². The predicted octanol–water partition coefficient (Wildman–Crippen LogP) is 2.16. The van der Waals surface area contributed by atoms with Gasteiger partial charge < -0.3 is 19.4 Å². The number of amides is 1. The van der Waals surface area contributed by atoms with Crippen molar-refractivity contribution in [1.82, 2.24) is 10.1 Å². The lowest BCUT2D eigenvalue weighted by molar-refractivity contribution is -0.114. The summed E-state index contributed by atoms with van der Waals surface area (Å²) in [4.78, 5) is 20.4. The van der Waals surface area contributed by atoms with Crippen LogP contribution in [0.3, 0.4) is 0 Å². The second-order valence-corrected chi connectivity index (χ2v) is 5.06. The van der Waals surface area contributed by atoms with Gasteiger partial charge in [0.2, 0.25) is 5.91 Å². The van der Waals surface area contributed by atoms with Gasteiger partial charge in [-0.25, -0.2) is 0 Å². The third-order valence-electron chi connectivity index (χ3n) is 3.05. The molecule has 0 saturated heterocycles. The first-order valence-corrected chi connectivity index (χ1v) is 7.43. The van der Waals surface area contributed by atoms with E-state index in [1.54, 1.807) is 19.2 Å². The van der Waals surface area contributed by atoms with Gasteiger partial charge in [-0.1, -0.05) is 22.4 Å². The molecule has 1 N–H and O–H groups in total. The third kappa shape index (κ3) is 5.47. The molecule has 0 fully saturated rings. The third-order valence-corrected chi connectivity index (χ3v) is 3.05. The number of rotatable bonds is 8. The molecule has 2 rings (SSSR count). The minimum atomic E-state index is -0.110. The largest absolute Gasteiger partial charge is 0.385 e. The second-order valence-electron chi connectivity index (χ2n) is 5.06. The van der Waals surface area contributed by atoms with Crippen LogP contribution < -0.4 is 5.32 Å². The van der Waals surface area contributed by atoms with E-state index in [4.69, 9.17) is 14.1 Å². The molecule has 0 aliphatic rings. The fraction of sp³-hybridized carbons (Fsp3) is 0.375. The van der Waals surface area contributed by atoms with Gasteiger partial charge in [0.05, 0.1) is 12.3 Å². The molecule has 0 spiro atoms. The highest BCUT2D eigenvalue weighted by molar-refractivity contribution is 5.99. The predicted molar refractivity (Wildman–Crippen MR) is 87.6 cm³/mol. The Balaban J connectivity index is 1.87. The number of aromatic nitrogens is 2. The van der Waals surface area contributed by atoms with Crippen molar-refractivity contribution in [2.75, 3.05) is 19.0 Å². The maximum atomic E-state index is 11.0. The zero-order chi connectivity index (χ0) is 17.4. The maximum absolute atomic E-state index is 11.0. The van der Waals surface area contributed by atoms with Crippen LogP contribution in [-0.4, -0.2) is 35.5 Å². The highest BCUT2D eigenvalue weighted by Gasteiger charge is 2.06. The van der Waals surface area contributed by atoms with Crippen LogP contribution in [0.1, 0.15) is 31.1 Å². The van der Waals surface area contributed by atoms with Gasteiger partial charge in [0.25, 0.3) is 5.89 Å². The zero-order valence-corrected chi connectivity index (χ0v) is 13.9. The maximum Gasteiger partial charge on any atom is 0.267 e. The Morgan fingerprint density at radius 1 is 1.29 bits per heavy atom. The Kier molecular flexibility index (Phi) is 6.44. The molecular formula is C16H20N4O4. The molecule has 128 valence electrons. The van der Waals surface area contributed by atoms with Crippen molar-refractivity contribution in [2.24, 2.45) is 5.16 Å². The number of hydrogen-bond donors (Lipinski definition) is 1. The lowest BCUT2D eigenvalue weighted by Crippen LogP contribution is -2.06. The standard InChI is InChI=1S/C16H20N4O4/c1-11(13-4-6-14(7-5-13)17-12(2)21)19-23-10-16-18-15(20-24-16)8-9-22-3/h4-7H,8-10H2,1-3H3,(H,17,21)/b19-11-. The van der Waals surface area contributed by atoms with Gasteiger partial charge in [0.1, 0.15) is 0 Å². The molecule has 1 aromatic heterocycles. The van der Waals surface area contributed by atoms with E-state index in [0.29, 0.717) is 30.5 Å². The summed E-state index contributed by atoms with van der Waals surface area (Å²) in [5.41, 5.74) is 2.31. The van der Waals surface area contributed by atoms with E-state index >= 15 is 0 Å². The van der Waals surface area contributed by atoms with Crippen LogP contribution in [0.5, 0.6) is 0 Å². The smallest absolute Gasteiger partial charge is 0.267 e. The summed E-state index contributed by atoms with van der Waals surface area (Å²) in [6.45, 7) is 3.92. The molecule has 24 heavy (non-hydrogen) atoms. The lowest BCUT2D eigenvalue weighted by atomic mass is 10.1. The Labute approximate surface area is 139 Å². The molecule has 0 saturated carbocycles. The van der Waals surface area contributed by atoms with E-state index in [1.165, 1.54) is 6.92 Å². The molecule has 8 nitrogen and oxygen atoms in total. The van der Waals surface area contributed by atoms with Crippen molar-refractivity contribution < 1.29 is 18.9 Å². The fourth-order valence-electron chi connectivity index (χ4n) is 1.88.